The van der Waals surface area contributed by atoms with Gasteiger partial charge in [-0.3, -0.25) is 0 Å². The van der Waals surface area contributed by atoms with Crippen LogP contribution in [0.4, 0.5) is 0 Å². The lowest BCUT2D eigenvalue weighted by Gasteiger charge is -2.65. The molecule has 0 N–H and O–H groups in total. The summed E-state index contributed by atoms with van der Waals surface area (Å²) in [6.07, 6.45) is 6.01. The van der Waals surface area contributed by atoms with Crippen molar-refractivity contribution in [1.29, 1.82) is 0 Å². The molecule has 22 heavy (non-hydrogen) atoms. The van der Waals surface area contributed by atoms with Crippen molar-refractivity contribution in [2.24, 2.45) is 46.3 Å². The molecule has 0 amide bonds. The highest BCUT2D eigenvalue weighted by Crippen LogP contribution is 2.69. The average Bonchev–Trinajstić information content (AvgIpc) is 2.45. The zero-order chi connectivity index (χ0) is 16.0. The van der Waals surface area contributed by atoms with Gasteiger partial charge in [0.25, 0.3) is 0 Å². The third-order valence-electron chi connectivity index (χ3n) is 9.64. The van der Waals surface area contributed by atoms with Crippen LogP contribution in [0.2, 0.25) is 11.6 Å². The molecular weight excluding hydrogens is 331 g/mol. The molecule has 2 heteroatoms. The van der Waals surface area contributed by atoms with Crippen LogP contribution in [0.15, 0.2) is 0 Å². The molecule has 6 fully saturated rings. The van der Waals surface area contributed by atoms with Crippen molar-refractivity contribution in [3.8, 4) is 0 Å². The molecule has 0 unspecified atom stereocenters. The van der Waals surface area contributed by atoms with Crippen molar-refractivity contribution in [3.63, 3.8) is 0 Å². The first-order chi connectivity index (χ1) is 10.2. The maximum atomic E-state index is 4.25. The van der Waals surface area contributed by atoms with Crippen LogP contribution in [0.25, 0.3) is 0 Å². The zero-order valence-corrected chi connectivity index (χ0v) is 17.0. The molecule has 4 bridgehead atoms. The molecule has 0 aliphatic heterocycles. The van der Waals surface area contributed by atoms with Gasteiger partial charge in [0, 0.05) is 0 Å². The van der Waals surface area contributed by atoms with E-state index < -0.39 is 0 Å². The second kappa shape index (κ2) is 4.80. The molecule has 124 valence electrons. The van der Waals surface area contributed by atoms with Gasteiger partial charge in [-0.2, -0.15) is 15.8 Å². The Labute approximate surface area is 146 Å². The highest BCUT2D eigenvalue weighted by Gasteiger charge is 2.62. The number of fused-ring (bicyclic) bond motifs is 4. The van der Waals surface area contributed by atoms with E-state index in [1.54, 1.807) is 0 Å². The normalized spacial score (nSPS) is 54.1. The lowest BCUT2D eigenvalue weighted by atomic mass is 9.30. The van der Waals surface area contributed by atoms with Gasteiger partial charge in [0.15, 0.2) is 0 Å². The number of halogens is 1. The average molecular weight is 365 g/mol. The Morgan fingerprint density at radius 2 is 1.09 bits per heavy atom. The Kier molecular flexibility index (Phi) is 3.50. The monoisotopic (exact) mass is 364 g/mol. The van der Waals surface area contributed by atoms with E-state index in [0.717, 1.165) is 52.7 Å². The Balaban J connectivity index is 1.49. The first-order valence-electron chi connectivity index (χ1n) is 9.79. The lowest BCUT2D eigenvalue weighted by molar-refractivity contribution is -0.106. The summed E-state index contributed by atoms with van der Waals surface area (Å²) in [6.45, 7) is 15.3. The van der Waals surface area contributed by atoms with Gasteiger partial charge < -0.3 is 0 Å². The van der Waals surface area contributed by atoms with Gasteiger partial charge in [-0.25, -0.2) is 0 Å². The molecule has 0 radical (unpaired) electrons. The summed E-state index contributed by atoms with van der Waals surface area (Å²) in [4.78, 5) is 0. The fourth-order valence-electron chi connectivity index (χ4n) is 7.54. The molecule has 6 aliphatic carbocycles. The van der Waals surface area contributed by atoms with Crippen LogP contribution in [0.1, 0.15) is 67.2 Å². The smallest absolute Gasteiger partial charge is 0.156 e. The summed E-state index contributed by atoms with van der Waals surface area (Å²) in [5, 5.41) is 0. The van der Waals surface area contributed by atoms with Crippen LogP contribution < -0.4 is 0 Å². The van der Waals surface area contributed by atoms with E-state index in [9.17, 15) is 0 Å². The van der Waals surface area contributed by atoms with Crippen molar-refractivity contribution >= 4 is 21.3 Å². The maximum Gasteiger partial charge on any atom is 0.229 e. The molecule has 6 rings (SSSR count). The van der Waals surface area contributed by atoms with Crippen molar-refractivity contribution in [2.75, 3.05) is 0 Å². The summed E-state index contributed by atoms with van der Waals surface area (Å²) < 4.78 is 0. The van der Waals surface area contributed by atoms with Gasteiger partial charge in [-0.15, -0.1) is 0 Å². The van der Waals surface area contributed by atoms with Crippen LogP contribution in [0, 0.1) is 46.3 Å². The molecule has 0 nitrogen and oxygen atoms in total. The van der Waals surface area contributed by atoms with Crippen LogP contribution in [0.5, 0.6) is 0 Å². The predicted octanol–water partition coefficient (Wildman–Crippen LogP) is 6.52. The summed E-state index contributed by atoms with van der Waals surface area (Å²) >= 11 is 4.25. The fourth-order valence-corrected chi connectivity index (χ4v) is 8.93. The molecule has 6 aliphatic rings. The Bertz CT molecular complexity index is 428. The van der Waals surface area contributed by atoms with E-state index in [4.69, 9.17) is 0 Å². The van der Waals surface area contributed by atoms with Crippen molar-refractivity contribution in [1.82, 2.24) is 0 Å². The van der Waals surface area contributed by atoms with Gasteiger partial charge in [0.2, 0.25) is 5.54 Å². The molecule has 6 saturated carbocycles. The quantitative estimate of drug-likeness (QED) is 0.489. The van der Waals surface area contributed by atoms with Crippen molar-refractivity contribution < 1.29 is 0 Å². The van der Waals surface area contributed by atoms with Crippen LogP contribution in [-0.2, 0) is 0 Å². The fraction of sp³-hybridized carbons (Fsp3) is 1.00. The van der Waals surface area contributed by atoms with E-state index in [1.165, 1.54) is 25.7 Å². The predicted molar refractivity (Wildman–Crippen MR) is 100 cm³/mol. The first kappa shape index (κ1) is 16.0. The van der Waals surface area contributed by atoms with E-state index in [0.29, 0.717) is 10.8 Å². The molecule has 0 saturated heterocycles. The van der Waals surface area contributed by atoms with Crippen LogP contribution in [0.3, 0.4) is 0 Å². The van der Waals surface area contributed by atoms with Crippen molar-refractivity contribution in [2.45, 2.75) is 78.9 Å². The minimum atomic E-state index is 0.630. The number of hydrogen-bond donors (Lipinski definition) is 0. The molecule has 0 aromatic carbocycles. The van der Waals surface area contributed by atoms with E-state index >= 15 is 0 Å². The van der Waals surface area contributed by atoms with Gasteiger partial charge in [0.1, 0.15) is 0 Å². The molecule has 0 aromatic rings. The second-order valence-electron chi connectivity index (χ2n) is 10.7. The Morgan fingerprint density at radius 3 is 1.36 bits per heavy atom. The Hall–Kier alpha value is 0.545. The maximum absolute atomic E-state index is 4.25. The minimum Gasteiger partial charge on any atom is -0.156 e. The second-order valence-corrected chi connectivity index (χ2v) is 11.7. The zero-order valence-electron chi connectivity index (χ0n) is 15.4. The van der Waals surface area contributed by atoms with Crippen molar-refractivity contribution in [3.05, 3.63) is 0 Å². The highest BCUT2D eigenvalue weighted by molar-refractivity contribution is 9.24. The summed E-state index contributed by atoms with van der Waals surface area (Å²) in [5.41, 5.74) is 2.04. The minimum absolute atomic E-state index is 0.630. The molecule has 0 aromatic heterocycles. The van der Waals surface area contributed by atoms with Gasteiger partial charge in [0.05, 0.1) is 0 Å². The van der Waals surface area contributed by atoms with Gasteiger partial charge in [-0.05, 0) is 70.8 Å². The van der Waals surface area contributed by atoms with Gasteiger partial charge >= 0.3 is 0 Å². The van der Waals surface area contributed by atoms with E-state index in [2.05, 4.69) is 57.3 Å². The molecule has 0 spiro atoms. The SMILES string of the molecule is C[C@@H]1[C@H]2C[C@@H](C[C@H]1B(Br)[C@@H]1C[C@@H]3C[C@H]([C@H]1C)C3(C)C)C2(C)C. The molecule has 8 atom stereocenters. The van der Waals surface area contributed by atoms with E-state index in [1.807, 2.05) is 0 Å². The highest BCUT2D eigenvalue weighted by atomic mass is 79.9. The third kappa shape index (κ3) is 1.88. The topological polar surface area (TPSA) is 0 Å². The number of rotatable bonds is 2. The molecule has 0 heterocycles. The van der Waals surface area contributed by atoms with Crippen LogP contribution >= 0.6 is 15.8 Å². The third-order valence-corrected chi connectivity index (χ3v) is 11.0. The summed E-state index contributed by atoms with van der Waals surface area (Å²) in [7, 11) is 0. The van der Waals surface area contributed by atoms with Gasteiger partial charge in [-0.1, -0.05) is 54.4 Å². The van der Waals surface area contributed by atoms with Crippen LogP contribution in [-0.4, -0.2) is 5.54 Å². The first-order valence-corrected chi connectivity index (χ1v) is 10.7. The summed E-state index contributed by atoms with van der Waals surface area (Å²) in [6, 6.07) is 0. The summed E-state index contributed by atoms with van der Waals surface area (Å²) in [5.74, 6) is 7.69. The van der Waals surface area contributed by atoms with E-state index in [-0.39, 0.29) is 0 Å². The Morgan fingerprint density at radius 1 is 0.727 bits per heavy atom. The number of hydrogen-bond acceptors (Lipinski definition) is 0. The molecular formula is C20H34BBr. The standard InChI is InChI=1S/C20H34BBr/c1-11-15-7-13(19(15,3)4)9-17(11)21(22)18-10-14-8-16(12(18)2)20(14,5)6/h11-18H,7-10H2,1-6H3/t11-,12-,13+,14+,15-,16-,17-,18-/m1/s1. The largest absolute Gasteiger partial charge is 0.229 e. The lowest BCUT2D eigenvalue weighted by Crippen LogP contribution is -2.58.